The summed E-state index contributed by atoms with van der Waals surface area (Å²) < 4.78 is 5.08. The lowest BCUT2D eigenvalue weighted by atomic mass is 9.86. The van der Waals surface area contributed by atoms with Gasteiger partial charge in [0.15, 0.2) is 0 Å². The Balaban J connectivity index is 2.66. The van der Waals surface area contributed by atoms with E-state index in [-0.39, 0.29) is 17.8 Å². The molecule has 0 N–H and O–H groups in total. The third-order valence-corrected chi connectivity index (χ3v) is 3.41. The second-order valence-electron chi connectivity index (χ2n) is 4.19. The topological polar surface area (TPSA) is 43.4 Å². The van der Waals surface area contributed by atoms with E-state index < -0.39 is 0 Å². The molecular weight excluding hydrogens is 192 g/mol. The monoisotopic (exact) mass is 212 g/mol. The predicted octanol–water partition coefficient (Wildman–Crippen LogP) is 2.19. The van der Waals surface area contributed by atoms with Gasteiger partial charge in [0.25, 0.3) is 0 Å². The molecule has 0 aliphatic heterocycles. The van der Waals surface area contributed by atoms with Gasteiger partial charge in [-0.1, -0.05) is 13.3 Å². The number of carbonyl (C=O) groups is 2. The summed E-state index contributed by atoms with van der Waals surface area (Å²) in [6.45, 7) is 4.35. The summed E-state index contributed by atoms with van der Waals surface area (Å²) in [5.74, 6) is 0.481. The predicted molar refractivity (Wildman–Crippen MR) is 57.3 cm³/mol. The van der Waals surface area contributed by atoms with Crippen molar-refractivity contribution in [3.63, 3.8) is 0 Å². The van der Waals surface area contributed by atoms with E-state index in [1.807, 2.05) is 6.92 Å². The molecular formula is C12H20O3. The average molecular weight is 212 g/mol. The van der Waals surface area contributed by atoms with Gasteiger partial charge in [0, 0.05) is 6.42 Å². The molecule has 0 radical (unpaired) electrons. The molecule has 0 amide bonds. The van der Waals surface area contributed by atoms with Crippen molar-refractivity contribution < 1.29 is 14.3 Å². The molecule has 0 saturated heterocycles. The molecule has 0 spiro atoms. The molecule has 0 aromatic rings. The van der Waals surface area contributed by atoms with Crippen LogP contribution >= 0.6 is 0 Å². The third kappa shape index (κ3) is 2.80. The van der Waals surface area contributed by atoms with E-state index in [1.165, 1.54) is 0 Å². The van der Waals surface area contributed by atoms with Crippen molar-refractivity contribution in [2.45, 2.75) is 39.5 Å². The molecule has 0 aromatic heterocycles. The highest BCUT2D eigenvalue weighted by atomic mass is 16.5. The summed E-state index contributed by atoms with van der Waals surface area (Å²) in [7, 11) is 0. The van der Waals surface area contributed by atoms with Crippen molar-refractivity contribution in [2.75, 3.05) is 6.61 Å². The van der Waals surface area contributed by atoms with Gasteiger partial charge in [-0.2, -0.15) is 0 Å². The number of ether oxygens (including phenoxy) is 1. The van der Waals surface area contributed by atoms with Crippen molar-refractivity contribution in [2.24, 2.45) is 17.8 Å². The Hall–Kier alpha value is -0.860. The van der Waals surface area contributed by atoms with Gasteiger partial charge in [-0.3, -0.25) is 4.79 Å². The first-order valence-electron chi connectivity index (χ1n) is 5.84. The fourth-order valence-corrected chi connectivity index (χ4v) is 2.64. The largest absolute Gasteiger partial charge is 0.466 e. The zero-order chi connectivity index (χ0) is 11.3. The normalized spacial score (nSPS) is 30.1. The first kappa shape index (κ1) is 12.2. The smallest absolute Gasteiger partial charge is 0.309 e. The first-order chi connectivity index (χ1) is 7.24. The SMILES string of the molecule is CCOC(=O)C1C(CC)CCC1CC=O. The fourth-order valence-electron chi connectivity index (χ4n) is 2.64. The number of aldehydes is 1. The zero-order valence-electron chi connectivity index (χ0n) is 9.57. The molecule has 1 rings (SSSR count). The molecule has 15 heavy (non-hydrogen) atoms. The lowest BCUT2D eigenvalue weighted by molar-refractivity contribution is -0.151. The highest BCUT2D eigenvalue weighted by molar-refractivity contribution is 5.74. The number of hydrogen-bond donors (Lipinski definition) is 0. The van der Waals surface area contributed by atoms with Gasteiger partial charge in [0.1, 0.15) is 6.29 Å². The Bertz CT molecular complexity index is 225. The van der Waals surface area contributed by atoms with Crippen LogP contribution in [0, 0.1) is 17.8 Å². The van der Waals surface area contributed by atoms with Crippen molar-refractivity contribution in [3.05, 3.63) is 0 Å². The zero-order valence-corrected chi connectivity index (χ0v) is 9.57. The van der Waals surface area contributed by atoms with E-state index >= 15 is 0 Å². The van der Waals surface area contributed by atoms with Gasteiger partial charge in [-0.05, 0) is 31.6 Å². The van der Waals surface area contributed by atoms with Crippen molar-refractivity contribution in [1.29, 1.82) is 0 Å². The Morgan fingerprint density at radius 3 is 2.53 bits per heavy atom. The summed E-state index contributed by atoms with van der Waals surface area (Å²) in [4.78, 5) is 22.3. The van der Waals surface area contributed by atoms with Crippen LogP contribution in [0.1, 0.15) is 39.5 Å². The molecule has 0 heterocycles. The van der Waals surface area contributed by atoms with Gasteiger partial charge < -0.3 is 9.53 Å². The summed E-state index contributed by atoms with van der Waals surface area (Å²) in [6, 6.07) is 0. The summed E-state index contributed by atoms with van der Waals surface area (Å²) >= 11 is 0. The molecule has 1 aliphatic carbocycles. The quantitative estimate of drug-likeness (QED) is 0.518. The van der Waals surface area contributed by atoms with Crippen LogP contribution < -0.4 is 0 Å². The molecule has 3 unspecified atom stereocenters. The standard InChI is InChI=1S/C12H20O3/c1-3-9-5-6-10(7-8-13)11(9)12(14)15-4-2/h8-11H,3-7H2,1-2H3. The second-order valence-corrected chi connectivity index (χ2v) is 4.19. The van der Waals surface area contributed by atoms with E-state index in [2.05, 4.69) is 6.92 Å². The van der Waals surface area contributed by atoms with Crippen LogP contribution in [-0.2, 0) is 14.3 Å². The molecule has 1 saturated carbocycles. The number of carbonyl (C=O) groups excluding carboxylic acids is 2. The molecule has 3 heteroatoms. The maximum Gasteiger partial charge on any atom is 0.309 e. The highest BCUT2D eigenvalue weighted by Gasteiger charge is 2.40. The number of rotatable bonds is 5. The average Bonchev–Trinajstić information content (AvgIpc) is 2.62. The highest BCUT2D eigenvalue weighted by Crippen LogP contribution is 2.41. The maximum atomic E-state index is 11.8. The van der Waals surface area contributed by atoms with Crippen LogP contribution in [0.5, 0.6) is 0 Å². The Morgan fingerprint density at radius 2 is 2.00 bits per heavy atom. The van der Waals surface area contributed by atoms with Gasteiger partial charge in [0.2, 0.25) is 0 Å². The molecule has 1 fully saturated rings. The van der Waals surface area contributed by atoms with Gasteiger partial charge in [-0.15, -0.1) is 0 Å². The summed E-state index contributed by atoms with van der Waals surface area (Å²) in [6.07, 6.45) is 4.47. The van der Waals surface area contributed by atoms with Crippen LogP contribution in [0.4, 0.5) is 0 Å². The summed E-state index contributed by atoms with van der Waals surface area (Å²) in [5, 5.41) is 0. The van der Waals surface area contributed by atoms with Crippen molar-refractivity contribution in [3.8, 4) is 0 Å². The van der Waals surface area contributed by atoms with E-state index in [0.29, 0.717) is 18.9 Å². The minimum atomic E-state index is -0.103. The van der Waals surface area contributed by atoms with Crippen LogP contribution in [0.2, 0.25) is 0 Å². The molecule has 3 nitrogen and oxygen atoms in total. The fraction of sp³-hybridized carbons (Fsp3) is 0.833. The lowest BCUT2D eigenvalue weighted by Gasteiger charge is -2.20. The third-order valence-electron chi connectivity index (χ3n) is 3.41. The lowest BCUT2D eigenvalue weighted by Crippen LogP contribution is -2.27. The first-order valence-corrected chi connectivity index (χ1v) is 5.84. The summed E-state index contributed by atoms with van der Waals surface area (Å²) in [5.41, 5.74) is 0. The second kappa shape index (κ2) is 5.89. The van der Waals surface area contributed by atoms with Crippen LogP contribution in [0.15, 0.2) is 0 Å². The van der Waals surface area contributed by atoms with Crippen LogP contribution in [0.25, 0.3) is 0 Å². The number of esters is 1. The van der Waals surface area contributed by atoms with Crippen LogP contribution in [-0.4, -0.2) is 18.9 Å². The van der Waals surface area contributed by atoms with E-state index in [4.69, 9.17) is 4.74 Å². The molecule has 86 valence electrons. The van der Waals surface area contributed by atoms with Gasteiger partial charge in [0.05, 0.1) is 12.5 Å². The molecule has 0 aromatic carbocycles. The minimum absolute atomic E-state index is 0.0415. The van der Waals surface area contributed by atoms with Crippen molar-refractivity contribution in [1.82, 2.24) is 0 Å². The number of hydrogen-bond acceptors (Lipinski definition) is 3. The van der Waals surface area contributed by atoms with Gasteiger partial charge in [-0.25, -0.2) is 0 Å². The van der Waals surface area contributed by atoms with E-state index in [0.717, 1.165) is 25.5 Å². The molecule has 1 aliphatic rings. The molecule has 3 atom stereocenters. The Kier molecular flexibility index (Phi) is 4.79. The van der Waals surface area contributed by atoms with Gasteiger partial charge >= 0.3 is 5.97 Å². The Labute approximate surface area is 91.2 Å². The minimum Gasteiger partial charge on any atom is -0.466 e. The Morgan fingerprint density at radius 1 is 1.33 bits per heavy atom. The molecule has 0 bridgehead atoms. The van der Waals surface area contributed by atoms with Crippen LogP contribution in [0.3, 0.4) is 0 Å². The van der Waals surface area contributed by atoms with Crippen molar-refractivity contribution >= 4 is 12.3 Å². The maximum absolute atomic E-state index is 11.8. The van der Waals surface area contributed by atoms with E-state index in [1.54, 1.807) is 0 Å². The van der Waals surface area contributed by atoms with E-state index in [9.17, 15) is 9.59 Å².